The SMILES string of the molecule is CC(=O)N[C@H](C=O)Cc1cccc2ccccc12. The number of nitrogens with one attached hydrogen (secondary N) is 1. The first-order valence-electron chi connectivity index (χ1n) is 5.90. The molecule has 0 bridgehead atoms. The minimum Gasteiger partial charge on any atom is -0.346 e. The Morgan fingerprint density at radius 3 is 2.67 bits per heavy atom. The number of hydrogen-bond acceptors (Lipinski definition) is 2. The summed E-state index contributed by atoms with van der Waals surface area (Å²) in [6, 6.07) is 13.5. The van der Waals surface area contributed by atoms with Gasteiger partial charge in [-0.3, -0.25) is 4.79 Å². The Morgan fingerprint density at radius 2 is 1.94 bits per heavy atom. The van der Waals surface area contributed by atoms with Gasteiger partial charge < -0.3 is 10.1 Å². The average molecular weight is 241 g/mol. The van der Waals surface area contributed by atoms with Crippen molar-refractivity contribution in [3.8, 4) is 0 Å². The zero-order valence-electron chi connectivity index (χ0n) is 10.2. The van der Waals surface area contributed by atoms with Crippen molar-refractivity contribution in [1.29, 1.82) is 0 Å². The zero-order valence-corrected chi connectivity index (χ0v) is 10.2. The average Bonchev–Trinajstić information content (AvgIpc) is 2.38. The van der Waals surface area contributed by atoms with E-state index in [1.165, 1.54) is 6.92 Å². The Labute approximate surface area is 106 Å². The smallest absolute Gasteiger partial charge is 0.217 e. The van der Waals surface area contributed by atoms with Crippen LogP contribution in [-0.4, -0.2) is 18.2 Å². The first kappa shape index (κ1) is 12.3. The molecular weight excluding hydrogens is 226 g/mol. The van der Waals surface area contributed by atoms with Crippen molar-refractivity contribution in [3.05, 3.63) is 48.0 Å². The van der Waals surface area contributed by atoms with Gasteiger partial charge in [0.1, 0.15) is 6.29 Å². The summed E-state index contributed by atoms with van der Waals surface area (Å²) in [7, 11) is 0. The summed E-state index contributed by atoms with van der Waals surface area (Å²) in [5.41, 5.74) is 1.07. The van der Waals surface area contributed by atoms with Gasteiger partial charge in [0.05, 0.1) is 6.04 Å². The highest BCUT2D eigenvalue weighted by Crippen LogP contribution is 2.19. The highest BCUT2D eigenvalue weighted by atomic mass is 16.2. The molecule has 0 saturated heterocycles. The van der Waals surface area contributed by atoms with Gasteiger partial charge >= 0.3 is 0 Å². The fourth-order valence-corrected chi connectivity index (χ4v) is 2.10. The van der Waals surface area contributed by atoms with E-state index in [0.29, 0.717) is 6.42 Å². The van der Waals surface area contributed by atoms with Crippen molar-refractivity contribution in [2.45, 2.75) is 19.4 Å². The fraction of sp³-hybridized carbons (Fsp3) is 0.200. The minimum atomic E-state index is -0.465. The van der Waals surface area contributed by atoms with Crippen molar-refractivity contribution < 1.29 is 9.59 Å². The molecule has 92 valence electrons. The summed E-state index contributed by atoms with van der Waals surface area (Å²) in [5.74, 6) is -0.188. The Hall–Kier alpha value is -2.16. The summed E-state index contributed by atoms with van der Waals surface area (Å²) in [6.07, 6.45) is 1.30. The fourth-order valence-electron chi connectivity index (χ4n) is 2.10. The lowest BCUT2D eigenvalue weighted by Crippen LogP contribution is -2.36. The van der Waals surface area contributed by atoms with Gasteiger partial charge in [-0.25, -0.2) is 0 Å². The maximum absolute atomic E-state index is 11.0. The van der Waals surface area contributed by atoms with Crippen LogP contribution < -0.4 is 5.32 Å². The van der Waals surface area contributed by atoms with E-state index in [-0.39, 0.29) is 5.91 Å². The molecule has 18 heavy (non-hydrogen) atoms. The predicted octanol–water partition coefficient (Wildman–Crippen LogP) is 2.09. The molecule has 0 fully saturated rings. The van der Waals surface area contributed by atoms with Crippen LogP contribution in [0.2, 0.25) is 0 Å². The van der Waals surface area contributed by atoms with Crippen LogP contribution in [-0.2, 0) is 16.0 Å². The highest BCUT2D eigenvalue weighted by Gasteiger charge is 2.11. The minimum absolute atomic E-state index is 0.188. The lowest BCUT2D eigenvalue weighted by molar-refractivity contribution is -0.122. The van der Waals surface area contributed by atoms with Gasteiger partial charge in [0.25, 0.3) is 0 Å². The largest absolute Gasteiger partial charge is 0.346 e. The van der Waals surface area contributed by atoms with Crippen LogP contribution in [0.3, 0.4) is 0 Å². The quantitative estimate of drug-likeness (QED) is 0.833. The predicted molar refractivity (Wildman–Crippen MR) is 71.3 cm³/mol. The van der Waals surface area contributed by atoms with Crippen LogP contribution in [0, 0.1) is 0 Å². The molecule has 1 atom stereocenters. The first-order valence-corrected chi connectivity index (χ1v) is 5.90. The molecule has 3 nitrogen and oxygen atoms in total. The second-order valence-corrected chi connectivity index (χ2v) is 4.29. The number of amides is 1. The molecule has 2 aromatic rings. The number of rotatable bonds is 4. The molecule has 0 saturated carbocycles. The van der Waals surface area contributed by atoms with Crippen molar-refractivity contribution in [3.63, 3.8) is 0 Å². The summed E-state index contributed by atoms with van der Waals surface area (Å²) in [5, 5.41) is 4.90. The maximum Gasteiger partial charge on any atom is 0.217 e. The summed E-state index contributed by atoms with van der Waals surface area (Å²) < 4.78 is 0. The third-order valence-electron chi connectivity index (χ3n) is 2.87. The summed E-state index contributed by atoms with van der Waals surface area (Å²) >= 11 is 0. The Morgan fingerprint density at radius 1 is 1.22 bits per heavy atom. The topological polar surface area (TPSA) is 46.2 Å². The molecule has 2 aromatic carbocycles. The number of benzene rings is 2. The van der Waals surface area contributed by atoms with Gasteiger partial charge in [0, 0.05) is 13.3 Å². The molecule has 0 spiro atoms. The molecule has 1 N–H and O–H groups in total. The van der Waals surface area contributed by atoms with Crippen LogP contribution in [0.5, 0.6) is 0 Å². The van der Waals surface area contributed by atoms with E-state index in [1.807, 2.05) is 42.5 Å². The van der Waals surface area contributed by atoms with E-state index in [0.717, 1.165) is 22.6 Å². The van der Waals surface area contributed by atoms with E-state index in [2.05, 4.69) is 5.32 Å². The first-order chi connectivity index (χ1) is 8.70. The summed E-state index contributed by atoms with van der Waals surface area (Å²) in [4.78, 5) is 22.0. The molecule has 2 rings (SSSR count). The lowest BCUT2D eigenvalue weighted by Gasteiger charge is -2.13. The van der Waals surface area contributed by atoms with Gasteiger partial charge in [-0.1, -0.05) is 42.5 Å². The van der Waals surface area contributed by atoms with E-state index in [9.17, 15) is 9.59 Å². The van der Waals surface area contributed by atoms with Crippen molar-refractivity contribution >= 4 is 23.0 Å². The van der Waals surface area contributed by atoms with Crippen LogP contribution in [0.1, 0.15) is 12.5 Å². The van der Waals surface area contributed by atoms with Crippen molar-refractivity contribution in [1.82, 2.24) is 5.32 Å². The second kappa shape index (κ2) is 5.45. The van der Waals surface area contributed by atoms with E-state index >= 15 is 0 Å². The normalized spacial score (nSPS) is 12.1. The molecule has 0 unspecified atom stereocenters. The summed E-state index contributed by atoms with van der Waals surface area (Å²) in [6.45, 7) is 1.42. The lowest BCUT2D eigenvalue weighted by atomic mass is 9.99. The van der Waals surface area contributed by atoms with E-state index in [1.54, 1.807) is 0 Å². The van der Waals surface area contributed by atoms with Crippen LogP contribution in [0.4, 0.5) is 0 Å². The van der Waals surface area contributed by atoms with Crippen LogP contribution in [0.15, 0.2) is 42.5 Å². The molecule has 0 aliphatic heterocycles. The molecule has 0 aromatic heterocycles. The van der Waals surface area contributed by atoms with Crippen molar-refractivity contribution in [2.75, 3.05) is 0 Å². The van der Waals surface area contributed by atoms with Crippen LogP contribution >= 0.6 is 0 Å². The van der Waals surface area contributed by atoms with Gasteiger partial charge in [-0.05, 0) is 16.3 Å². The molecule has 0 aliphatic rings. The number of fused-ring (bicyclic) bond motifs is 1. The molecule has 0 radical (unpaired) electrons. The molecule has 3 heteroatoms. The van der Waals surface area contributed by atoms with Crippen LogP contribution in [0.25, 0.3) is 10.8 Å². The van der Waals surface area contributed by atoms with Gasteiger partial charge in [-0.15, -0.1) is 0 Å². The Bertz CT molecular complexity index is 572. The highest BCUT2D eigenvalue weighted by molar-refractivity contribution is 5.86. The second-order valence-electron chi connectivity index (χ2n) is 4.29. The number of hydrogen-bond donors (Lipinski definition) is 1. The Kier molecular flexibility index (Phi) is 3.72. The molecule has 0 aliphatic carbocycles. The monoisotopic (exact) mass is 241 g/mol. The van der Waals surface area contributed by atoms with E-state index in [4.69, 9.17) is 0 Å². The van der Waals surface area contributed by atoms with Gasteiger partial charge in [0.15, 0.2) is 0 Å². The Balaban J connectivity index is 2.30. The number of carbonyl (C=O) groups excluding carboxylic acids is 2. The van der Waals surface area contributed by atoms with E-state index < -0.39 is 6.04 Å². The maximum atomic E-state index is 11.0. The number of carbonyl (C=O) groups is 2. The third kappa shape index (κ3) is 2.74. The zero-order chi connectivity index (χ0) is 13.0. The van der Waals surface area contributed by atoms with Gasteiger partial charge in [0.2, 0.25) is 5.91 Å². The standard InChI is InChI=1S/C15H15NO2/c1-11(18)16-14(10-17)9-13-7-4-6-12-5-2-3-8-15(12)13/h2-8,10,14H,9H2,1H3,(H,16,18)/t14-/m0/s1. The third-order valence-corrected chi connectivity index (χ3v) is 2.87. The molecule has 1 amide bonds. The van der Waals surface area contributed by atoms with Gasteiger partial charge in [-0.2, -0.15) is 0 Å². The molecule has 0 heterocycles. The number of aldehydes is 1. The van der Waals surface area contributed by atoms with Crippen molar-refractivity contribution in [2.24, 2.45) is 0 Å². The molecular formula is C15H15NO2.